The van der Waals surface area contributed by atoms with Gasteiger partial charge in [-0.05, 0) is 24.6 Å². The van der Waals surface area contributed by atoms with Crippen LogP contribution in [0.15, 0.2) is 64.4 Å². The van der Waals surface area contributed by atoms with E-state index >= 15 is 0 Å². The quantitative estimate of drug-likeness (QED) is 0.357. The van der Waals surface area contributed by atoms with Crippen LogP contribution in [0.4, 0.5) is 0 Å². The lowest BCUT2D eigenvalue weighted by atomic mass is 10.1. The van der Waals surface area contributed by atoms with Gasteiger partial charge in [-0.3, -0.25) is 4.57 Å². The maximum atomic E-state index is 5.41. The number of benzene rings is 2. The average Bonchev–Trinajstić information content (AvgIpc) is 3.50. The minimum absolute atomic E-state index is 0.228. The predicted molar refractivity (Wildman–Crippen MR) is 121 cm³/mol. The van der Waals surface area contributed by atoms with Crippen LogP contribution in [0.5, 0.6) is 0 Å². The molecular formula is C23H22N6OS. The molecule has 2 aromatic carbocycles. The summed E-state index contributed by atoms with van der Waals surface area (Å²) in [4.78, 5) is 7.82. The molecular weight excluding hydrogens is 408 g/mol. The molecule has 0 amide bonds. The number of nitrogens with one attached hydrogen (secondary N) is 1. The number of fused-ring (bicyclic) bond motifs is 1. The van der Waals surface area contributed by atoms with Gasteiger partial charge in [-0.15, -0.1) is 10.2 Å². The van der Waals surface area contributed by atoms with E-state index in [-0.39, 0.29) is 5.92 Å². The van der Waals surface area contributed by atoms with Crippen molar-refractivity contribution in [3.05, 3.63) is 72.0 Å². The zero-order chi connectivity index (χ0) is 21.4. The van der Waals surface area contributed by atoms with Crippen molar-refractivity contribution in [1.82, 2.24) is 29.9 Å². The van der Waals surface area contributed by atoms with E-state index in [4.69, 9.17) is 4.52 Å². The smallest absolute Gasteiger partial charge is 0.237 e. The van der Waals surface area contributed by atoms with Crippen LogP contribution in [0.1, 0.15) is 37.0 Å². The molecule has 0 aliphatic rings. The molecule has 0 unspecified atom stereocenters. The second-order valence-electron chi connectivity index (χ2n) is 7.67. The van der Waals surface area contributed by atoms with Crippen LogP contribution in [0.2, 0.25) is 0 Å². The number of aryl methyl sites for hydroxylation is 1. The molecule has 0 bridgehead atoms. The third kappa shape index (κ3) is 3.63. The molecule has 8 heteroatoms. The number of thioether (sulfide) groups is 1. The lowest BCUT2D eigenvalue weighted by Gasteiger charge is -2.12. The molecule has 3 heterocycles. The zero-order valence-electron chi connectivity index (χ0n) is 17.5. The van der Waals surface area contributed by atoms with Gasteiger partial charge in [-0.2, -0.15) is 4.98 Å². The lowest BCUT2D eigenvalue weighted by Crippen LogP contribution is -2.01. The van der Waals surface area contributed by atoms with Crippen molar-refractivity contribution in [2.24, 2.45) is 0 Å². The Hall–Kier alpha value is -3.39. The Morgan fingerprint density at radius 1 is 1.06 bits per heavy atom. The molecule has 5 aromatic rings. The van der Waals surface area contributed by atoms with Crippen molar-refractivity contribution in [2.75, 3.05) is 0 Å². The standard InChI is InChI=1S/C23H22N6OS/c1-14(2)21-25-20(30-28-21)13-31-23-27-26-22(29(23)19-11-7-4-8-15(19)3)17-12-24-18-10-6-5-9-16(17)18/h4-12,14,24H,13H2,1-3H3. The van der Waals surface area contributed by atoms with E-state index < -0.39 is 0 Å². The Balaban J connectivity index is 1.58. The van der Waals surface area contributed by atoms with E-state index in [1.54, 1.807) is 0 Å². The second-order valence-corrected chi connectivity index (χ2v) is 8.61. The first-order valence-corrected chi connectivity index (χ1v) is 11.1. The van der Waals surface area contributed by atoms with Crippen molar-refractivity contribution in [3.8, 4) is 17.1 Å². The van der Waals surface area contributed by atoms with Crippen molar-refractivity contribution in [3.63, 3.8) is 0 Å². The van der Waals surface area contributed by atoms with Crippen LogP contribution in [0.3, 0.4) is 0 Å². The Bertz CT molecular complexity index is 1350. The summed E-state index contributed by atoms with van der Waals surface area (Å²) in [6.07, 6.45) is 1.99. The van der Waals surface area contributed by atoms with Gasteiger partial charge in [0.2, 0.25) is 5.89 Å². The van der Waals surface area contributed by atoms with Crippen LogP contribution in [0, 0.1) is 6.92 Å². The van der Waals surface area contributed by atoms with Crippen LogP contribution in [-0.4, -0.2) is 29.9 Å². The van der Waals surface area contributed by atoms with Gasteiger partial charge >= 0.3 is 0 Å². The normalized spacial score (nSPS) is 11.6. The van der Waals surface area contributed by atoms with Crippen molar-refractivity contribution >= 4 is 22.7 Å². The number of rotatable bonds is 6. The molecule has 0 aliphatic carbocycles. The fourth-order valence-corrected chi connectivity index (χ4v) is 4.30. The van der Waals surface area contributed by atoms with E-state index in [9.17, 15) is 0 Å². The van der Waals surface area contributed by atoms with Gasteiger partial charge in [0.15, 0.2) is 16.8 Å². The Morgan fingerprint density at radius 3 is 2.68 bits per heavy atom. The summed E-state index contributed by atoms with van der Waals surface area (Å²) in [5.74, 6) is 2.85. The highest BCUT2D eigenvalue weighted by molar-refractivity contribution is 7.98. The van der Waals surface area contributed by atoms with Gasteiger partial charge in [-0.25, -0.2) is 0 Å². The van der Waals surface area contributed by atoms with Gasteiger partial charge in [0.1, 0.15) is 0 Å². The fraction of sp³-hybridized carbons (Fsp3) is 0.217. The number of hydrogen-bond donors (Lipinski definition) is 1. The molecule has 5 rings (SSSR count). The zero-order valence-corrected chi connectivity index (χ0v) is 18.3. The van der Waals surface area contributed by atoms with E-state index in [0.717, 1.165) is 44.5 Å². The lowest BCUT2D eigenvalue weighted by molar-refractivity contribution is 0.382. The molecule has 0 atom stereocenters. The maximum absolute atomic E-state index is 5.41. The predicted octanol–water partition coefficient (Wildman–Crippen LogP) is 5.52. The average molecular weight is 431 g/mol. The van der Waals surface area contributed by atoms with Crippen molar-refractivity contribution in [1.29, 1.82) is 0 Å². The van der Waals surface area contributed by atoms with Gasteiger partial charge in [0.25, 0.3) is 0 Å². The van der Waals surface area contributed by atoms with Crippen molar-refractivity contribution in [2.45, 2.75) is 37.6 Å². The topological polar surface area (TPSA) is 85.4 Å². The molecule has 31 heavy (non-hydrogen) atoms. The highest BCUT2D eigenvalue weighted by Gasteiger charge is 2.21. The van der Waals surface area contributed by atoms with Crippen LogP contribution >= 0.6 is 11.8 Å². The molecule has 1 N–H and O–H groups in total. The summed E-state index contributed by atoms with van der Waals surface area (Å²) in [5.41, 5.74) is 4.27. The molecule has 0 saturated heterocycles. The molecule has 0 saturated carbocycles. The fourth-order valence-electron chi connectivity index (χ4n) is 3.51. The van der Waals surface area contributed by atoms with E-state index in [2.05, 4.69) is 61.1 Å². The SMILES string of the molecule is Cc1ccccc1-n1c(SCc2nc(C(C)C)no2)nnc1-c1c[nH]c2ccccc12. The maximum Gasteiger partial charge on any atom is 0.237 e. The second kappa shape index (κ2) is 8.03. The minimum atomic E-state index is 0.228. The third-order valence-electron chi connectivity index (χ3n) is 5.14. The number of hydrogen-bond acceptors (Lipinski definition) is 6. The third-order valence-corrected chi connectivity index (χ3v) is 6.06. The van der Waals surface area contributed by atoms with E-state index in [0.29, 0.717) is 11.6 Å². The van der Waals surface area contributed by atoms with E-state index in [1.165, 1.54) is 11.8 Å². The summed E-state index contributed by atoms with van der Waals surface area (Å²) in [7, 11) is 0. The summed E-state index contributed by atoms with van der Waals surface area (Å²) in [6, 6.07) is 16.5. The first-order chi connectivity index (χ1) is 15.1. The molecule has 0 spiro atoms. The van der Waals surface area contributed by atoms with Crippen LogP contribution in [-0.2, 0) is 5.75 Å². The van der Waals surface area contributed by atoms with Crippen molar-refractivity contribution < 1.29 is 4.52 Å². The van der Waals surface area contributed by atoms with Gasteiger partial charge in [0.05, 0.1) is 11.4 Å². The van der Waals surface area contributed by atoms with Gasteiger partial charge in [-0.1, -0.05) is 67.2 Å². The number of para-hydroxylation sites is 2. The Labute approximate surface area is 183 Å². The number of H-pyrrole nitrogens is 1. The van der Waals surface area contributed by atoms with Gasteiger partial charge < -0.3 is 9.51 Å². The molecule has 0 radical (unpaired) electrons. The highest BCUT2D eigenvalue weighted by Crippen LogP contribution is 2.34. The van der Waals surface area contributed by atoms with E-state index in [1.807, 2.05) is 44.3 Å². The summed E-state index contributed by atoms with van der Waals surface area (Å²) >= 11 is 1.54. The molecule has 0 aliphatic heterocycles. The largest absolute Gasteiger partial charge is 0.360 e. The summed E-state index contributed by atoms with van der Waals surface area (Å²) < 4.78 is 7.52. The number of nitrogens with zero attached hydrogens (tertiary/aromatic N) is 5. The summed E-state index contributed by atoms with van der Waals surface area (Å²) in [5, 5.41) is 15.0. The van der Waals surface area contributed by atoms with Gasteiger partial charge in [0, 0.05) is 28.6 Å². The molecule has 7 nitrogen and oxygen atoms in total. The monoisotopic (exact) mass is 430 g/mol. The Kier molecular flexibility index (Phi) is 5.07. The minimum Gasteiger partial charge on any atom is -0.360 e. The van der Waals surface area contributed by atoms with Crippen LogP contribution in [0.25, 0.3) is 28.0 Å². The Morgan fingerprint density at radius 2 is 1.87 bits per heavy atom. The first-order valence-electron chi connectivity index (χ1n) is 10.1. The number of aromatic amines is 1. The summed E-state index contributed by atoms with van der Waals surface area (Å²) in [6.45, 7) is 6.18. The van der Waals surface area contributed by atoms with Crippen LogP contribution < -0.4 is 0 Å². The molecule has 156 valence electrons. The highest BCUT2D eigenvalue weighted by atomic mass is 32.2. The first kappa shape index (κ1) is 19.6. The molecule has 3 aromatic heterocycles. The molecule has 0 fully saturated rings. The number of aromatic nitrogens is 6.